The first-order valence-electron chi connectivity index (χ1n) is 11.6. The van der Waals surface area contributed by atoms with Crippen LogP contribution in [0.25, 0.3) is 0 Å². The van der Waals surface area contributed by atoms with Crippen molar-refractivity contribution in [3.8, 4) is 5.75 Å². The van der Waals surface area contributed by atoms with Crippen LogP contribution < -0.4 is 9.46 Å². The van der Waals surface area contributed by atoms with E-state index in [1.165, 1.54) is 57.4 Å². The van der Waals surface area contributed by atoms with Crippen LogP contribution in [0.1, 0.15) is 89.7 Å². The Labute approximate surface area is 187 Å². The van der Waals surface area contributed by atoms with E-state index in [1.807, 2.05) is 0 Å². The number of rotatable bonds is 14. The molecule has 2 atom stereocenters. The maximum absolute atomic E-state index is 13.2. The fourth-order valence-corrected chi connectivity index (χ4v) is 24.3. The van der Waals surface area contributed by atoms with Crippen LogP contribution in [-0.4, -0.2) is 34.4 Å². The predicted molar refractivity (Wildman–Crippen MR) is 132 cm³/mol. The predicted octanol–water partition coefficient (Wildman–Crippen LogP) is 7.18. The van der Waals surface area contributed by atoms with Gasteiger partial charge in [0.2, 0.25) is 0 Å². The van der Waals surface area contributed by atoms with Crippen LogP contribution in [0.15, 0.2) is 24.3 Å². The van der Waals surface area contributed by atoms with Crippen LogP contribution in [0.4, 0.5) is 0 Å². The van der Waals surface area contributed by atoms with Crippen LogP contribution in [0.2, 0.25) is 13.3 Å². The number of nitrogens with one attached hydrogen (secondary N) is 1. The van der Waals surface area contributed by atoms with Gasteiger partial charge in [0.05, 0.1) is 0 Å². The second-order valence-corrected chi connectivity index (χ2v) is 25.1. The minimum absolute atomic E-state index is 0.261. The van der Waals surface area contributed by atoms with Crippen molar-refractivity contribution in [2.45, 2.75) is 102 Å². The van der Waals surface area contributed by atoms with E-state index in [4.69, 9.17) is 4.74 Å². The number of benzene rings is 1. The molecule has 0 spiro atoms. The van der Waals surface area contributed by atoms with Gasteiger partial charge in [-0.25, -0.2) is 0 Å². The first-order chi connectivity index (χ1) is 13.7. The van der Waals surface area contributed by atoms with Gasteiger partial charge < -0.3 is 0 Å². The van der Waals surface area contributed by atoms with E-state index in [2.05, 4.69) is 70.5 Å². The molecule has 0 aliphatic rings. The molecular formula is C24H45NO2SSn. The molecule has 5 heteroatoms. The average molecular weight is 530 g/mol. The van der Waals surface area contributed by atoms with Gasteiger partial charge in [0, 0.05) is 0 Å². The first-order valence-corrected chi connectivity index (χ1v) is 20.4. The topological polar surface area (TPSA) is 38.3 Å². The summed E-state index contributed by atoms with van der Waals surface area (Å²) in [4.78, 5) is 0. The molecule has 1 aromatic carbocycles. The average Bonchev–Trinajstić information content (AvgIpc) is 2.71. The minimum atomic E-state index is -2.70. The quantitative estimate of drug-likeness (QED) is 0.259. The summed E-state index contributed by atoms with van der Waals surface area (Å²) in [7, 11) is 0.648. The van der Waals surface area contributed by atoms with E-state index >= 15 is 0 Å². The molecule has 0 aliphatic carbocycles. The van der Waals surface area contributed by atoms with E-state index in [0.29, 0.717) is 4.06 Å². The van der Waals surface area contributed by atoms with E-state index in [1.54, 1.807) is 7.11 Å². The zero-order valence-electron chi connectivity index (χ0n) is 20.0. The van der Waals surface area contributed by atoms with Crippen LogP contribution in [0.3, 0.4) is 0 Å². The summed E-state index contributed by atoms with van der Waals surface area (Å²) in [5.41, 5.74) is 1.32. The maximum atomic E-state index is 13.2. The SMILES string of the molecule is CCC[CH2][Sn]([CH2]CCC)([CH2]CCC)[C@H](N[S@](=O)C(C)(C)C)c1ccc(OC)cc1. The van der Waals surface area contributed by atoms with E-state index < -0.39 is 29.4 Å². The summed E-state index contributed by atoms with van der Waals surface area (Å²) in [5, 5.41) is 0. The van der Waals surface area contributed by atoms with E-state index in [9.17, 15) is 4.21 Å². The molecule has 0 bridgehead atoms. The number of hydrogen-bond donors (Lipinski definition) is 1. The number of hydrogen-bond acceptors (Lipinski definition) is 2. The van der Waals surface area contributed by atoms with Crippen molar-refractivity contribution < 1.29 is 8.95 Å². The molecule has 0 aromatic heterocycles. The molecular weight excluding hydrogens is 485 g/mol. The third kappa shape index (κ3) is 8.53. The molecule has 168 valence electrons. The molecule has 0 saturated carbocycles. The summed E-state index contributed by atoms with van der Waals surface area (Å²) in [6.07, 6.45) is 7.65. The van der Waals surface area contributed by atoms with E-state index in [-0.39, 0.29) is 4.75 Å². The van der Waals surface area contributed by atoms with Crippen molar-refractivity contribution in [3.63, 3.8) is 0 Å². The molecule has 0 radical (unpaired) electrons. The normalized spacial score (nSPS) is 14.6. The van der Waals surface area contributed by atoms with Gasteiger partial charge in [-0.3, -0.25) is 0 Å². The van der Waals surface area contributed by atoms with Gasteiger partial charge in [-0.05, 0) is 0 Å². The van der Waals surface area contributed by atoms with E-state index in [0.717, 1.165) is 5.75 Å². The molecule has 0 fully saturated rings. The van der Waals surface area contributed by atoms with Gasteiger partial charge in [0.25, 0.3) is 0 Å². The number of methoxy groups -OCH3 is 1. The monoisotopic (exact) mass is 531 g/mol. The molecule has 3 nitrogen and oxygen atoms in total. The van der Waals surface area contributed by atoms with Crippen molar-refractivity contribution in [1.82, 2.24) is 4.72 Å². The number of ether oxygens (including phenoxy) is 1. The summed E-state index contributed by atoms with van der Waals surface area (Å²) in [6, 6.07) is 8.57. The first kappa shape index (κ1) is 27.0. The van der Waals surface area contributed by atoms with Crippen LogP contribution in [-0.2, 0) is 11.0 Å². The molecule has 1 aromatic rings. The van der Waals surface area contributed by atoms with Crippen molar-refractivity contribution in [2.75, 3.05) is 7.11 Å². The zero-order chi connectivity index (χ0) is 21.9. The fourth-order valence-electron chi connectivity index (χ4n) is 4.02. The van der Waals surface area contributed by atoms with Crippen LogP contribution in [0.5, 0.6) is 5.75 Å². The summed E-state index contributed by atoms with van der Waals surface area (Å²) in [6.45, 7) is 13.1. The summed E-state index contributed by atoms with van der Waals surface area (Å²) < 4.78 is 26.5. The van der Waals surface area contributed by atoms with Gasteiger partial charge in [-0.2, -0.15) is 0 Å². The van der Waals surface area contributed by atoms with Crippen LogP contribution in [0, 0.1) is 0 Å². The van der Waals surface area contributed by atoms with Gasteiger partial charge in [-0.1, -0.05) is 0 Å². The van der Waals surface area contributed by atoms with Gasteiger partial charge >= 0.3 is 188 Å². The molecule has 0 unspecified atom stereocenters. The summed E-state index contributed by atoms with van der Waals surface area (Å²) in [5.74, 6) is 0.890. The molecule has 1 rings (SSSR count). The van der Waals surface area contributed by atoms with Crippen molar-refractivity contribution in [1.29, 1.82) is 0 Å². The zero-order valence-corrected chi connectivity index (χ0v) is 23.6. The van der Waals surface area contributed by atoms with Crippen LogP contribution >= 0.6 is 0 Å². The Morgan fingerprint density at radius 3 is 1.72 bits per heavy atom. The van der Waals surface area contributed by atoms with Gasteiger partial charge in [0.1, 0.15) is 0 Å². The standard InChI is InChI=1S/C12H18NO2S.3C4H9.Sn/c1-12(2,3)16(14)13-9-10-5-7-11(15-4)8-6-10;3*1-3-4-2;/h5-9,13H,1-4H3;3*1,3-4H2,2H3;/t16-;;;;/m1..../s1. The van der Waals surface area contributed by atoms with Gasteiger partial charge in [0.15, 0.2) is 0 Å². The Kier molecular flexibility index (Phi) is 12.4. The third-order valence-corrected chi connectivity index (χ3v) is 24.5. The Balaban J connectivity index is 3.45. The second kappa shape index (κ2) is 13.4. The van der Waals surface area contributed by atoms with Crippen molar-refractivity contribution in [3.05, 3.63) is 29.8 Å². The Hall–Kier alpha value is -0.0713. The Morgan fingerprint density at radius 2 is 1.38 bits per heavy atom. The molecule has 0 aliphatic heterocycles. The molecule has 29 heavy (non-hydrogen) atoms. The fraction of sp³-hybridized carbons (Fsp3) is 0.750. The van der Waals surface area contributed by atoms with Crippen molar-refractivity contribution in [2.24, 2.45) is 0 Å². The Bertz CT molecular complexity index is 576. The van der Waals surface area contributed by atoms with Gasteiger partial charge in [-0.15, -0.1) is 0 Å². The Morgan fingerprint density at radius 1 is 0.931 bits per heavy atom. The second-order valence-electron chi connectivity index (χ2n) is 9.38. The third-order valence-electron chi connectivity index (χ3n) is 5.93. The molecule has 1 N–H and O–H groups in total. The molecule has 0 amide bonds. The number of unbranched alkanes of at least 4 members (excludes halogenated alkanes) is 3. The van der Waals surface area contributed by atoms with Crippen molar-refractivity contribution >= 4 is 29.4 Å². The molecule has 0 saturated heterocycles. The molecule has 0 heterocycles. The summed E-state index contributed by atoms with van der Waals surface area (Å²) >= 11 is -2.70.